The summed E-state index contributed by atoms with van der Waals surface area (Å²) in [4.78, 5) is 6.67. The number of nitrogens with zero attached hydrogens (tertiary/aromatic N) is 3. The Bertz CT molecular complexity index is 329. The molecule has 15 heavy (non-hydrogen) atoms. The second kappa shape index (κ2) is 4.33. The van der Waals surface area contributed by atoms with Crippen LogP contribution in [0.2, 0.25) is 0 Å². The van der Waals surface area contributed by atoms with E-state index in [0.717, 1.165) is 32.4 Å². The van der Waals surface area contributed by atoms with Gasteiger partial charge in [0, 0.05) is 37.4 Å². The Morgan fingerprint density at radius 3 is 3.13 bits per heavy atom. The molecule has 0 bridgehead atoms. The van der Waals surface area contributed by atoms with Crippen molar-refractivity contribution in [3.8, 4) is 0 Å². The van der Waals surface area contributed by atoms with Gasteiger partial charge in [-0.3, -0.25) is 0 Å². The van der Waals surface area contributed by atoms with E-state index in [1.807, 2.05) is 6.20 Å². The van der Waals surface area contributed by atoms with Crippen molar-refractivity contribution in [1.29, 1.82) is 0 Å². The predicted octanol–water partition coefficient (Wildman–Crippen LogP) is 0.261. The Morgan fingerprint density at radius 1 is 1.60 bits per heavy atom. The zero-order chi connectivity index (χ0) is 10.8. The lowest BCUT2D eigenvalue weighted by Crippen LogP contribution is -2.33. The topological polar surface area (TPSA) is 47.1 Å². The van der Waals surface area contributed by atoms with Crippen molar-refractivity contribution < 1.29 is 0 Å². The summed E-state index contributed by atoms with van der Waals surface area (Å²) in [6.45, 7) is 1.99. The maximum atomic E-state index is 5.97. The molecule has 0 aromatic carbocycles. The van der Waals surface area contributed by atoms with Crippen molar-refractivity contribution in [2.45, 2.75) is 31.8 Å². The van der Waals surface area contributed by atoms with Crippen LogP contribution in [0.15, 0.2) is 6.20 Å². The molecule has 1 aromatic rings. The van der Waals surface area contributed by atoms with Crippen LogP contribution in [-0.2, 0) is 19.4 Å². The summed E-state index contributed by atoms with van der Waals surface area (Å²) in [6.07, 6.45) is 5.20. The molecule has 1 aliphatic rings. The number of rotatable bonds is 3. The molecule has 0 radical (unpaired) electrons. The molecule has 1 aliphatic heterocycles. The summed E-state index contributed by atoms with van der Waals surface area (Å²) in [7, 11) is 4.18. The largest absolute Gasteiger partial charge is 0.330 e. The number of aromatic nitrogens is 2. The molecule has 4 heteroatoms. The van der Waals surface area contributed by atoms with E-state index < -0.39 is 0 Å². The van der Waals surface area contributed by atoms with E-state index in [2.05, 4.69) is 28.5 Å². The highest BCUT2D eigenvalue weighted by atomic mass is 15.1. The molecule has 2 heterocycles. The first-order valence-corrected chi connectivity index (χ1v) is 5.60. The van der Waals surface area contributed by atoms with Gasteiger partial charge in [0.15, 0.2) is 0 Å². The summed E-state index contributed by atoms with van der Waals surface area (Å²) >= 11 is 0. The molecule has 2 N–H and O–H groups in total. The number of nitrogens with two attached hydrogens (primary N) is 1. The quantitative estimate of drug-likeness (QED) is 0.775. The van der Waals surface area contributed by atoms with Crippen LogP contribution in [0.5, 0.6) is 0 Å². The van der Waals surface area contributed by atoms with E-state index in [9.17, 15) is 0 Å². The molecule has 0 amide bonds. The number of aryl methyl sites for hydroxylation is 1. The second-order valence-electron chi connectivity index (χ2n) is 4.63. The minimum Gasteiger partial charge on any atom is -0.330 e. The Balaban J connectivity index is 2.09. The normalized spacial score (nSPS) is 20.7. The fourth-order valence-electron chi connectivity index (χ4n) is 2.06. The van der Waals surface area contributed by atoms with Crippen LogP contribution in [0.25, 0.3) is 0 Å². The molecule has 84 valence electrons. The highest BCUT2D eigenvalue weighted by Crippen LogP contribution is 2.16. The molecule has 0 fully saturated rings. The number of hydrogen-bond acceptors (Lipinski definition) is 3. The van der Waals surface area contributed by atoms with Gasteiger partial charge in [-0.25, -0.2) is 4.98 Å². The molecule has 0 saturated carbocycles. The third kappa shape index (κ3) is 2.38. The Labute approximate surface area is 91.1 Å². The zero-order valence-corrected chi connectivity index (χ0v) is 9.61. The minimum atomic E-state index is 0.310. The molecule has 2 rings (SSSR count). The monoisotopic (exact) mass is 208 g/mol. The van der Waals surface area contributed by atoms with E-state index in [1.165, 1.54) is 11.5 Å². The van der Waals surface area contributed by atoms with Gasteiger partial charge in [-0.1, -0.05) is 0 Å². The molecule has 0 aliphatic carbocycles. The smallest absolute Gasteiger partial charge is 0.110 e. The van der Waals surface area contributed by atoms with Crippen molar-refractivity contribution >= 4 is 0 Å². The fourth-order valence-corrected chi connectivity index (χ4v) is 2.06. The van der Waals surface area contributed by atoms with Gasteiger partial charge in [0.25, 0.3) is 0 Å². The van der Waals surface area contributed by atoms with Gasteiger partial charge in [0.2, 0.25) is 0 Å². The summed E-state index contributed by atoms with van der Waals surface area (Å²) in [5, 5.41) is 0. The molecule has 1 atom stereocenters. The molecule has 1 aromatic heterocycles. The van der Waals surface area contributed by atoms with Crippen LogP contribution in [0.4, 0.5) is 0 Å². The van der Waals surface area contributed by atoms with Crippen molar-refractivity contribution in [1.82, 2.24) is 14.5 Å². The van der Waals surface area contributed by atoms with Crippen molar-refractivity contribution in [3.05, 3.63) is 17.7 Å². The van der Waals surface area contributed by atoms with Crippen LogP contribution >= 0.6 is 0 Å². The first kappa shape index (κ1) is 10.6. The van der Waals surface area contributed by atoms with Gasteiger partial charge < -0.3 is 15.2 Å². The third-order valence-corrected chi connectivity index (χ3v) is 2.99. The van der Waals surface area contributed by atoms with E-state index in [1.54, 1.807) is 0 Å². The second-order valence-corrected chi connectivity index (χ2v) is 4.63. The number of hydrogen-bond donors (Lipinski definition) is 1. The summed E-state index contributed by atoms with van der Waals surface area (Å²) in [5.74, 6) is 1.19. The molecule has 4 nitrogen and oxygen atoms in total. The molecule has 0 saturated heterocycles. The predicted molar refractivity (Wildman–Crippen MR) is 60.8 cm³/mol. The van der Waals surface area contributed by atoms with E-state index in [-0.39, 0.29) is 0 Å². The van der Waals surface area contributed by atoms with Crippen LogP contribution in [0.1, 0.15) is 17.9 Å². The average Bonchev–Trinajstić information content (AvgIpc) is 2.57. The molecule has 0 spiro atoms. The fraction of sp³-hybridized carbons (Fsp3) is 0.727. The average molecular weight is 208 g/mol. The van der Waals surface area contributed by atoms with Crippen molar-refractivity contribution in [2.75, 3.05) is 20.6 Å². The zero-order valence-electron chi connectivity index (χ0n) is 9.61. The van der Waals surface area contributed by atoms with Crippen LogP contribution in [0.3, 0.4) is 0 Å². The van der Waals surface area contributed by atoms with E-state index in [0.29, 0.717) is 6.04 Å². The van der Waals surface area contributed by atoms with Crippen LogP contribution < -0.4 is 5.73 Å². The highest BCUT2D eigenvalue weighted by Gasteiger charge is 2.18. The van der Waals surface area contributed by atoms with E-state index in [4.69, 9.17) is 5.73 Å². The lowest BCUT2D eigenvalue weighted by atomic mass is 10.1. The standard InChI is InChI=1S/C11H20N4/c1-14(2)6-5-11-13-7-10-4-3-9(12)8-15(10)11/h7,9H,3-6,8,12H2,1-2H3. The van der Waals surface area contributed by atoms with Gasteiger partial charge in [0.05, 0.1) is 0 Å². The lowest BCUT2D eigenvalue weighted by Gasteiger charge is -2.22. The van der Waals surface area contributed by atoms with E-state index >= 15 is 0 Å². The Morgan fingerprint density at radius 2 is 2.40 bits per heavy atom. The third-order valence-electron chi connectivity index (χ3n) is 2.99. The molecule has 1 unspecified atom stereocenters. The van der Waals surface area contributed by atoms with Crippen LogP contribution in [-0.4, -0.2) is 41.1 Å². The van der Waals surface area contributed by atoms with Gasteiger partial charge in [-0.2, -0.15) is 0 Å². The Kier molecular flexibility index (Phi) is 3.07. The first-order chi connectivity index (χ1) is 7.16. The van der Waals surface area contributed by atoms with Gasteiger partial charge in [-0.05, 0) is 26.9 Å². The number of imidazole rings is 1. The Hall–Kier alpha value is -0.870. The maximum Gasteiger partial charge on any atom is 0.110 e. The number of likely N-dealkylation sites (N-methyl/N-ethyl adjacent to an activating group) is 1. The molecular weight excluding hydrogens is 188 g/mol. The van der Waals surface area contributed by atoms with Gasteiger partial charge in [0.1, 0.15) is 5.82 Å². The molecular formula is C11H20N4. The summed E-state index contributed by atoms with van der Waals surface area (Å²) in [6, 6.07) is 0.310. The van der Waals surface area contributed by atoms with Crippen molar-refractivity contribution in [2.24, 2.45) is 5.73 Å². The SMILES string of the molecule is CN(C)CCc1ncc2n1CC(N)CC2. The van der Waals surface area contributed by atoms with Crippen molar-refractivity contribution in [3.63, 3.8) is 0 Å². The van der Waals surface area contributed by atoms with Crippen LogP contribution in [0, 0.1) is 0 Å². The maximum absolute atomic E-state index is 5.97. The van der Waals surface area contributed by atoms with Gasteiger partial charge >= 0.3 is 0 Å². The van der Waals surface area contributed by atoms with Gasteiger partial charge in [-0.15, -0.1) is 0 Å². The summed E-state index contributed by atoms with van der Waals surface area (Å²) < 4.78 is 2.30. The minimum absolute atomic E-state index is 0.310. The number of fused-ring (bicyclic) bond motifs is 1. The lowest BCUT2D eigenvalue weighted by molar-refractivity contribution is 0.395. The summed E-state index contributed by atoms with van der Waals surface area (Å²) in [5.41, 5.74) is 7.33. The first-order valence-electron chi connectivity index (χ1n) is 5.60. The highest BCUT2D eigenvalue weighted by molar-refractivity contribution is 5.09.